The SMILES string of the molecule is CC(=O)NC1CCN(c2ccc([C@@H](C)O)c(Br)c2)C1. The van der Waals surface area contributed by atoms with Gasteiger partial charge in [-0.3, -0.25) is 4.79 Å². The third-order valence-electron chi connectivity index (χ3n) is 3.39. The van der Waals surface area contributed by atoms with Gasteiger partial charge in [-0.15, -0.1) is 0 Å². The van der Waals surface area contributed by atoms with E-state index in [9.17, 15) is 9.90 Å². The summed E-state index contributed by atoms with van der Waals surface area (Å²) in [6.45, 7) is 5.07. The molecule has 104 valence electrons. The van der Waals surface area contributed by atoms with Gasteiger partial charge in [0.15, 0.2) is 0 Å². The highest BCUT2D eigenvalue weighted by atomic mass is 79.9. The minimum atomic E-state index is -0.478. The van der Waals surface area contributed by atoms with Gasteiger partial charge in [0.05, 0.1) is 6.10 Å². The van der Waals surface area contributed by atoms with Crippen molar-refractivity contribution in [3.8, 4) is 0 Å². The van der Waals surface area contributed by atoms with Crippen LogP contribution in [0.15, 0.2) is 22.7 Å². The van der Waals surface area contributed by atoms with Crippen molar-refractivity contribution < 1.29 is 9.90 Å². The number of aliphatic hydroxyl groups is 1. The summed E-state index contributed by atoms with van der Waals surface area (Å²) in [7, 11) is 0. The fraction of sp³-hybridized carbons (Fsp3) is 0.500. The lowest BCUT2D eigenvalue weighted by molar-refractivity contribution is -0.119. The van der Waals surface area contributed by atoms with Gasteiger partial charge in [0.1, 0.15) is 0 Å². The number of nitrogens with one attached hydrogen (secondary N) is 1. The van der Waals surface area contributed by atoms with E-state index in [0.717, 1.165) is 35.2 Å². The summed E-state index contributed by atoms with van der Waals surface area (Å²) in [5, 5.41) is 12.6. The summed E-state index contributed by atoms with van der Waals surface area (Å²) in [6.07, 6.45) is 0.490. The molecule has 1 unspecified atom stereocenters. The number of halogens is 1. The van der Waals surface area contributed by atoms with Crippen LogP contribution in [0, 0.1) is 0 Å². The molecule has 1 aliphatic rings. The maximum absolute atomic E-state index is 11.1. The van der Waals surface area contributed by atoms with Crippen LogP contribution in [0.3, 0.4) is 0 Å². The molecule has 0 radical (unpaired) electrons. The molecular formula is C14H19BrN2O2. The summed E-state index contributed by atoms with van der Waals surface area (Å²) >= 11 is 3.49. The van der Waals surface area contributed by atoms with Crippen LogP contribution in [-0.2, 0) is 4.79 Å². The third kappa shape index (κ3) is 3.48. The van der Waals surface area contributed by atoms with Gasteiger partial charge in [0.2, 0.25) is 5.91 Å². The molecule has 0 bridgehead atoms. The molecule has 1 aliphatic heterocycles. The fourth-order valence-electron chi connectivity index (χ4n) is 2.45. The molecule has 2 rings (SSSR count). The summed E-state index contributed by atoms with van der Waals surface area (Å²) in [5.41, 5.74) is 2.01. The van der Waals surface area contributed by atoms with Crippen molar-refractivity contribution in [1.82, 2.24) is 5.32 Å². The Morgan fingerprint density at radius 2 is 2.32 bits per heavy atom. The first-order valence-corrected chi connectivity index (χ1v) is 7.26. The zero-order valence-corrected chi connectivity index (χ0v) is 12.8. The van der Waals surface area contributed by atoms with Gasteiger partial charge in [-0.25, -0.2) is 0 Å². The Morgan fingerprint density at radius 1 is 1.58 bits per heavy atom. The predicted molar refractivity (Wildman–Crippen MR) is 79.2 cm³/mol. The standard InChI is InChI=1S/C14H19BrN2O2/c1-9(18)13-4-3-12(7-14(13)15)17-6-5-11(8-17)16-10(2)19/h3-4,7,9,11,18H,5-6,8H2,1-2H3,(H,16,19)/t9-,11?/m1/s1. The van der Waals surface area contributed by atoms with Crippen LogP contribution in [0.5, 0.6) is 0 Å². The molecule has 1 fully saturated rings. The number of carbonyl (C=O) groups excluding carboxylic acids is 1. The molecule has 1 saturated heterocycles. The molecule has 1 aromatic rings. The van der Waals surface area contributed by atoms with E-state index in [2.05, 4.69) is 26.1 Å². The number of hydrogen-bond donors (Lipinski definition) is 2. The van der Waals surface area contributed by atoms with Gasteiger partial charge in [-0.1, -0.05) is 22.0 Å². The summed E-state index contributed by atoms with van der Waals surface area (Å²) < 4.78 is 0.919. The molecule has 0 spiro atoms. The van der Waals surface area contributed by atoms with Crippen LogP contribution in [0.25, 0.3) is 0 Å². The zero-order chi connectivity index (χ0) is 14.0. The van der Waals surface area contributed by atoms with Crippen LogP contribution >= 0.6 is 15.9 Å². The largest absolute Gasteiger partial charge is 0.389 e. The summed E-state index contributed by atoms with van der Waals surface area (Å²) in [5.74, 6) is 0.0254. The molecule has 5 heteroatoms. The Hall–Kier alpha value is -1.07. The van der Waals surface area contributed by atoms with Crippen molar-refractivity contribution in [2.24, 2.45) is 0 Å². The monoisotopic (exact) mass is 326 g/mol. The normalized spacial score (nSPS) is 20.4. The highest BCUT2D eigenvalue weighted by Gasteiger charge is 2.23. The molecular weight excluding hydrogens is 308 g/mol. The molecule has 2 atom stereocenters. The van der Waals surface area contributed by atoms with E-state index in [4.69, 9.17) is 0 Å². The number of hydrogen-bond acceptors (Lipinski definition) is 3. The second-order valence-corrected chi connectivity index (χ2v) is 5.87. The van der Waals surface area contributed by atoms with E-state index in [-0.39, 0.29) is 11.9 Å². The molecule has 4 nitrogen and oxygen atoms in total. The van der Waals surface area contributed by atoms with Gasteiger partial charge < -0.3 is 15.3 Å². The lowest BCUT2D eigenvalue weighted by Crippen LogP contribution is -2.35. The van der Waals surface area contributed by atoms with Gasteiger partial charge in [0.25, 0.3) is 0 Å². The minimum Gasteiger partial charge on any atom is -0.389 e. The predicted octanol–water partition coefficient (Wildman–Crippen LogP) is 2.22. The maximum atomic E-state index is 11.1. The lowest BCUT2D eigenvalue weighted by atomic mass is 10.1. The van der Waals surface area contributed by atoms with E-state index < -0.39 is 6.10 Å². The number of nitrogens with zero attached hydrogens (tertiary/aromatic N) is 1. The molecule has 1 aromatic carbocycles. The van der Waals surface area contributed by atoms with Gasteiger partial charge in [-0.05, 0) is 31.0 Å². The molecule has 2 N–H and O–H groups in total. The average molecular weight is 327 g/mol. The number of carbonyl (C=O) groups is 1. The minimum absolute atomic E-state index is 0.0254. The van der Waals surface area contributed by atoms with Crippen molar-refractivity contribution in [3.05, 3.63) is 28.2 Å². The van der Waals surface area contributed by atoms with Gasteiger partial charge in [-0.2, -0.15) is 0 Å². The summed E-state index contributed by atoms with van der Waals surface area (Å²) in [4.78, 5) is 13.3. The first-order valence-electron chi connectivity index (χ1n) is 6.47. The average Bonchev–Trinajstić information content (AvgIpc) is 2.75. The van der Waals surface area contributed by atoms with Crippen LogP contribution in [0.4, 0.5) is 5.69 Å². The third-order valence-corrected chi connectivity index (χ3v) is 4.08. The van der Waals surface area contributed by atoms with E-state index >= 15 is 0 Å². The number of amides is 1. The fourth-order valence-corrected chi connectivity index (χ4v) is 3.15. The Balaban J connectivity index is 2.07. The first kappa shape index (κ1) is 14.3. The zero-order valence-electron chi connectivity index (χ0n) is 11.2. The molecule has 0 aromatic heterocycles. The lowest BCUT2D eigenvalue weighted by Gasteiger charge is -2.20. The van der Waals surface area contributed by atoms with Crippen molar-refractivity contribution in [1.29, 1.82) is 0 Å². The smallest absolute Gasteiger partial charge is 0.217 e. The topological polar surface area (TPSA) is 52.6 Å². The summed E-state index contributed by atoms with van der Waals surface area (Å²) in [6, 6.07) is 6.21. The highest BCUT2D eigenvalue weighted by molar-refractivity contribution is 9.10. The quantitative estimate of drug-likeness (QED) is 0.895. The van der Waals surface area contributed by atoms with Gasteiger partial charge in [0, 0.05) is 36.2 Å². The Labute approximate surface area is 121 Å². The van der Waals surface area contributed by atoms with Gasteiger partial charge >= 0.3 is 0 Å². The molecule has 19 heavy (non-hydrogen) atoms. The Morgan fingerprint density at radius 3 is 2.89 bits per heavy atom. The second-order valence-electron chi connectivity index (χ2n) is 5.01. The number of anilines is 1. The van der Waals surface area contributed by atoms with E-state index in [1.165, 1.54) is 0 Å². The van der Waals surface area contributed by atoms with Crippen molar-refractivity contribution in [3.63, 3.8) is 0 Å². The Bertz CT molecular complexity index is 477. The van der Waals surface area contributed by atoms with Crippen LogP contribution < -0.4 is 10.2 Å². The molecule has 0 saturated carbocycles. The number of rotatable bonds is 3. The molecule has 0 aliphatic carbocycles. The first-order chi connectivity index (χ1) is 8.97. The van der Waals surface area contributed by atoms with E-state index in [1.807, 2.05) is 18.2 Å². The number of benzene rings is 1. The van der Waals surface area contributed by atoms with Crippen LogP contribution in [-0.4, -0.2) is 30.1 Å². The van der Waals surface area contributed by atoms with Crippen molar-refractivity contribution in [2.75, 3.05) is 18.0 Å². The Kier molecular flexibility index (Phi) is 4.47. The van der Waals surface area contributed by atoms with E-state index in [1.54, 1.807) is 13.8 Å². The van der Waals surface area contributed by atoms with Crippen molar-refractivity contribution >= 4 is 27.5 Å². The number of aliphatic hydroxyl groups excluding tert-OH is 1. The molecule has 1 amide bonds. The maximum Gasteiger partial charge on any atom is 0.217 e. The van der Waals surface area contributed by atoms with Crippen LogP contribution in [0.2, 0.25) is 0 Å². The van der Waals surface area contributed by atoms with Crippen molar-refractivity contribution in [2.45, 2.75) is 32.4 Å². The van der Waals surface area contributed by atoms with Crippen LogP contribution in [0.1, 0.15) is 31.9 Å². The highest BCUT2D eigenvalue weighted by Crippen LogP contribution is 2.29. The van der Waals surface area contributed by atoms with E-state index in [0.29, 0.717) is 0 Å². The second kappa shape index (κ2) is 5.92. The molecule has 1 heterocycles.